The summed E-state index contributed by atoms with van der Waals surface area (Å²) >= 11 is 0. The van der Waals surface area contributed by atoms with Crippen LogP contribution in [-0.2, 0) is 11.3 Å². The number of guanidine groups is 1. The molecule has 144 valence electrons. The van der Waals surface area contributed by atoms with Crippen molar-refractivity contribution >= 4 is 5.96 Å². The van der Waals surface area contributed by atoms with E-state index in [-0.39, 0.29) is 0 Å². The minimum atomic E-state index is 0.310. The number of fused-ring (bicyclic) bond motifs is 2. The molecular weight excluding hydrogens is 334 g/mol. The van der Waals surface area contributed by atoms with E-state index in [4.69, 9.17) is 23.9 Å². The number of nitrogens with one attached hydrogen (secondary N) is 2. The molecule has 0 radical (unpaired) electrons. The normalized spacial score (nSPS) is 24.5. The van der Waals surface area contributed by atoms with E-state index >= 15 is 0 Å². The lowest BCUT2D eigenvalue weighted by Crippen LogP contribution is -2.47. The molecule has 1 aromatic rings. The molecule has 0 aliphatic carbocycles. The van der Waals surface area contributed by atoms with Gasteiger partial charge in [-0.3, -0.25) is 0 Å². The summed E-state index contributed by atoms with van der Waals surface area (Å²) in [7, 11) is 4.83. The fraction of sp³-hybridized carbons (Fsp3) is 0.632. The zero-order chi connectivity index (χ0) is 18.5. The van der Waals surface area contributed by atoms with Gasteiger partial charge in [-0.05, 0) is 43.9 Å². The lowest BCUT2D eigenvalue weighted by Gasteiger charge is -2.22. The van der Waals surface area contributed by atoms with E-state index in [0.29, 0.717) is 42.0 Å². The Bertz CT molecular complexity index is 625. The number of methoxy groups -OCH3 is 3. The first-order valence-corrected chi connectivity index (χ1v) is 9.17. The van der Waals surface area contributed by atoms with Gasteiger partial charge in [-0.2, -0.15) is 0 Å². The molecule has 3 rings (SSSR count). The Hall–Kier alpha value is -2.15. The second-order valence-electron chi connectivity index (χ2n) is 6.59. The maximum Gasteiger partial charge on any atom is 0.203 e. The number of hydrogen-bond acceptors (Lipinski definition) is 5. The average Bonchev–Trinajstić information content (AvgIpc) is 3.28. The van der Waals surface area contributed by atoms with Gasteiger partial charge in [0.15, 0.2) is 17.5 Å². The largest absolute Gasteiger partial charge is 0.493 e. The standard InChI is InChI=1S/C19H29N3O4/c1-5-20-19(22-14-10-13-6-7-15(14)26-13)21-11-12-8-16(23-2)18(25-4)17(9-12)24-3/h8-9,13-15H,5-7,10-11H2,1-4H3,(H2,20,21,22). The Balaban J connectivity index is 1.72. The molecule has 0 aromatic heterocycles. The zero-order valence-corrected chi connectivity index (χ0v) is 16.0. The van der Waals surface area contributed by atoms with Gasteiger partial charge < -0.3 is 29.6 Å². The molecular formula is C19H29N3O4. The number of nitrogens with zero attached hydrogens (tertiary/aromatic N) is 1. The molecule has 0 amide bonds. The van der Waals surface area contributed by atoms with E-state index in [2.05, 4.69) is 17.6 Å². The maximum atomic E-state index is 5.92. The summed E-state index contributed by atoms with van der Waals surface area (Å²) in [5.41, 5.74) is 0.987. The van der Waals surface area contributed by atoms with Crippen LogP contribution in [-0.4, -0.2) is 52.1 Å². The molecule has 26 heavy (non-hydrogen) atoms. The summed E-state index contributed by atoms with van der Waals surface area (Å²) < 4.78 is 22.1. The molecule has 3 unspecified atom stereocenters. The summed E-state index contributed by atoms with van der Waals surface area (Å²) in [5.74, 6) is 2.67. The predicted octanol–water partition coefficient (Wildman–Crippen LogP) is 2.09. The van der Waals surface area contributed by atoms with Gasteiger partial charge in [0.05, 0.1) is 46.1 Å². The average molecular weight is 363 g/mol. The van der Waals surface area contributed by atoms with Gasteiger partial charge in [-0.25, -0.2) is 4.99 Å². The van der Waals surface area contributed by atoms with Gasteiger partial charge in [-0.1, -0.05) is 0 Å². The highest BCUT2D eigenvalue weighted by Crippen LogP contribution is 2.38. The van der Waals surface area contributed by atoms with E-state index in [0.717, 1.165) is 30.9 Å². The van der Waals surface area contributed by atoms with Crippen LogP contribution in [0.2, 0.25) is 0 Å². The summed E-state index contributed by atoms with van der Waals surface area (Å²) in [6.07, 6.45) is 4.09. The fourth-order valence-corrected chi connectivity index (χ4v) is 3.68. The zero-order valence-electron chi connectivity index (χ0n) is 16.0. The van der Waals surface area contributed by atoms with Crippen molar-refractivity contribution in [2.24, 2.45) is 4.99 Å². The Morgan fingerprint density at radius 1 is 1.15 bits per heavy atom. The highest BCUT2D eigenvalue weighted by Gasteiger charge is 2.41. The third-order valence-electron chi connectivity index (χ3n) is 4.92. The van der Waals surface area contributed by atoms with Gasteiger partial charge in [0.25, 0.3) is 0 Å². The number of hydrogen-bond donors (Lipinski definition) is 2. The number of ether oxygens (including phenoxy) is 4. The second kappa shape index (κ2) is 8.49. The molecule has 0 spiro atoms. The molecule has 2 aliphatic rings. The van der Waals surface area contributed by atoms with Crippen molar-refractivity contribution in [3.05, 3.63) is 17.7 Å². The summed E-state index contributed by atoms with van der Waals surface area (Å²) in [6.45, 7) is 3.38. The smallest absolute Gasteiger partial charge is 0.203 e. The van der Waals surface area contributed by atoms with E-state index in [1.54, 1.807) is 21.3 Å². The first-order valence-electron chi connectivity index (χ1n) is 9.17. The Morgan fingerprint density at radius 2 is 1.88 bits per heavy atom. The van der Waals surface area contributed by atoms with Crippen LogP contribution in [0.25, 0.3) is 0 Å². The van der Waals surface area contributed by atoms with E-state index in [9.17, 15) is 0 Å². The van der Waals surface area contributed by atoms with Crippen LogP contribution in [0.4, 0.5) is 0 Å². The van der Waals surface area contributed by atoms with Crippen molar-refractivity contribution in [2.45, 2.75) is 51.0 Å². The maximum absolute atomic E-state index is 5.92. The molecule has 2 saturated heterocycles. The Kier molecular flexibility index (Phi) is 6.08. The van der Waals surface area contributed by atoms with Crippen LogP contribution in [0.1, 0.15) is 31.7 Å². The third kappa shape index (κ3) is 3.98. The minimum absolute atomic E-state index is 0.310. The van der Waals surface area contributed by atoms with Crippen LogP contribution < -0.4 is 24.8 Å². The Morgan fingerprint density at radius 3 is 2.38 bits per heavy atom. The van der Waals surface area contributed by atoms with Crippen LogP contribution >= 0.6 is 0 Å². The number of benzene rings is 1. The SMILES string of the molecule is CCNC(=NCc1cc(OC)c(OC)c(OC)c1)NC1CC2CCC1O2. The second-order valence-corrected chi connectivity index (χ2v) is 6.59. The molecule has 3 atom stereocenters. The monoisotopic (exact) mass is 363 g/mol. The lowest BCUT2D eigenvalue weighted by molar-refractivity contribution is 0.0992. The fourth-order valence-electron chi connectivity index (χ4n) is 3.68. The van der Waals surface area contributed by atoms with Crippen LogP contribution in [0.3, 0.4) is 0 Å². The van der Waals surface area contributed by atoms with Crippen molar-refractivity contribution in [3.8, 4) is 17.2 Å². The first-order chi connectivity index (χ1) is 12.7. The van der Waals surface area contributed by atoms with E-state index in [1.807, 2.05) is 12.1 Å². The minimum Gasteiger partial charge on any atom is -0.493 e. The molecule has 2 aliphatic heterocycles. The molecule has 2 fully saturated rings. The van der Waals surface area contributed by atoms with Crippen molar-refractivity contribution in [1.29, 1.82) is 0 Å². The van der Waals surface area contributed by atoms with Gasteiger partial charge in [0.2, 0.25) is 5.75 Å². The summed E-state index contributed by atoms with van der Waals surface area (Å²) in [5, 5.41) is 6.84. The van der Waals surface area contributed by atoms with Gasteiger partial charge >= 0.3 is 0 Å². The van der Waals surface area contributed by atoms with E-state index in [1.165, 1.54) is 6.42 Å². The highest BCUT2D eigenvalue weighted by atomic mass is 16.5. The topological polar surface area (TPSA) is 73.3 Å². The first kappa shape index (κ1) is 18.6. The lowest BCUT2D eigenvalue weighted by atomic mass is 9.96. The molecule has 1 aromatic carbocycles. The molecule has 2 heterocycles. The summed E-state index contributed by atoms with van der Waals surface area (Å²) in [6, 6.07) is 4.19. The highest BCUT2D eigenvalue weighted by molar-refractivity contribution is 5.80. The quantitative estimate of drug-likeness (QED) is 0.571. The number of aliphatic imine (C=N–C) groups is 1. The van der Waals surface area contributed by atoms with Gasteiger partial charge in [0, 0.05) is 6.54 Å². The summed E-state index contributed by atoms with van der Waals surface area (Å²) in [4.78, 5) is 4.72. The molecule has 2 bridgehead atoms. The molecule has 7 heteroatoms. The predicted molar refractivity (Wildman–Crippen MR) is 100 cm³/mol. The third-order valence-corrected chi connectivity index (χ3v) is 4.92. The number of rotatable bonds is 7. The Labute approximate surface area is 155 Å². The van der Waals surface area contributed by atoms with Crippen LogP contribution in [0, 0.1) is 0 Å². The molecule has 0 saturated carbocycles. The molecule has 7 nitrogen and oxygen atoms in total. The van der Waals surface area contributed by atoms with Crippen molar-refractivity contribution in [2.75, 3.05) is 27.9 Å². The van der Waals surface area contributed by atoms with Crippen molar-refractivity contribution in [1.82, 2.24) is 10.6 Å². The van der Waals surface area contributed by atoms with Crippen molar-refractivity contribution < 1.29 is 18.9 Å². The van der Waals surface area contributed by atoms with Crippen LogP contribution in [0.5, 0.6) is 17.2 Å². The van der Waals surface area contributed by atoms with Gasteiger partial charge in [-0.15, -0.1) is 0 Å². The van der Waals surface area contributed by atoms with Gasteiger partial charge in [0.1, 0.15) is 0 Å². The molecule has 2 N–H and O–H groups in total. The van der Waals surface area contributed by atoms with Crippen molar-refractivity contribution in [3.63, 3.8) is 0 Å². The van der Waals surface area contributed by atoms with Crippen LogP contribution in [0.15, 0.2) is 17.1 Å². The van der Waals surface area contributed by atoms with E-state index < -0.39 is 0 Å².